The van der Waals surface area contributed by atoms with Crippen molar-refractivity contribution in [2.24, 2.45) is 0 Å². The zero-order chi connectivity index (χ0) is 18.6. The van der Waals surface area contributed by atoms with Gasteiger partial charge in [-0.2, -0.15) is 0 Å². The number of aromatic nitrogens is 1. The van der Waals surface area contributed by atoms with Crippen LogP contribution in [-0.2, 0) is 16.6 Å². The van der Waals surface area contributed by atoms with Crippen LogP contribution < -0.4 is 15.4 Å². The molecule has 0 radical (unpaired) electrons. The van der Waals surface area contributed by atoms with E-state index in [1.807, 2.05) is 6.92 Å². The summed E-state index contributed by atoms with van der Waals surface area (Å²) >= 11 is 1.53. The number of urea groups is 1. The molecule has 1 aliphatic carbocycles. The van der Waals surface area contributed by atoms with Crippen molar-refractivity contribution in [3.05, 3.63) is 40.3 Å². The number of sulfonamides is 1. The van der Waals surface area contributed by atoms with Crippen LogP contribution in [-0.4, -0.2) is 25.5 Å². The number of aryl methyl sites for hydroxylation is 1. The van der Waals surface area contributed by atoms with E-state index in [1.54, 1.807) is 18.3 Å². The second-order valence-corrected chi connectivity index (χ2v) is 9.31. The van der Waals surface area contributed by atoms with Gasteiger partial charge in [0.15, 0.2) is 0 Å². The van der Waals surface area contributed by atoms with Gasteiger partial charge < -0.3 is 10.6 Å². The van der Waals surface area contributed by atoms with E-state index in [0.29, 0.717) is 12.2 Å². The van der Waals surface area contributed by atoms with Crippen molar-refractivity contribution in [3.63, 3.8) is 0 Å². The molecule has 1 fully saturated rings. The lowest BCUT2D eigenvalue weighted by molar-refractivity contribution is 0.252. The highest BCUT2D eigenvalue weighted by Gasteiger charge is 2.22. The van der Waals surface area contributed by atoms with Gasteiger partial charge in [-0.25, -0.2) is 22.9 Å². The molecule has 0 saturated heterocycles. The fraction of sp³-hybridized carbons (Fsp3) is 0.412. The predicted molar refractivity (Wildman–Crippen MR) is 102 cm³/mol. The third kappa shape index (κ3) is 5.03. The number of carbonyl (C=O) groups is 1. The number of thiazole rings is 1. The van der Waals surface area contributed by atoms with E-state index >= 15 is 0 Å². The highest BCUT2D eigenvalue weighted by molar-refractivity contribution is 7.89. The van der Waals surface area contributed by atoms with Gasteiger partial charge in [-0.15, -0.1) is 11.3 Å². The Balaban J connectivity index is 1.54. The summed E-state index contributed by atoms with van der Waals surface area (Å²) < 4.78 is 27.5. The molecule has 1 aliphatic rings. The molecule has 0 atom stereocenters. The molecule has 0 bridgehead atoms. The molecule has 1 aromatic heterocycles. The summed E-state index contributed by atoms with van der Waals surface area (Å²) in [7, 11) is -3.52. The van der Waals surface area contributed by atoms with Crippen molar-refractivity contribution in [1.29, 1.82) is 0 Å². The maximum absolute atomic E-state index is 12.4. The second kappa shape index (κ2) is 8.15. The van der Waals surface area contributed by atoms with Crippen LogP contribution in [0.1, 0.15) is 35.6 Å². The topological polar surface area (TPSA) is 100 Å². The SMILES string of the molecule is Cc1ncc(CNC(=O)Nc2ccc(S(=O)(=O)NC3CCCC3)cc2)s1. The molecular weight excluding hydrogens is 372 g/mol. The van der Waals surface area contributed by atoms with Crippen molar-refractivity contribution in [3.8, 4) is 0 Å². The number of rotatable bonds is 6. The molecule has 9 heteroatoms. The first-order valence-electron chi connectivity index (χ1n) is 8.51. The van der Waals surface area contributed by atoms with Crippen molar-refractivity contribution >= 4 is 33.1 Å². The molecule has 0 aliphatic heterocycles. The molecule has 2 aromatic rings. The summed E-state index contributed by atoms with van der Waals surface area (Å²) in [5.41, 5.74) is 0.530. The molecule has 7 nitrogen and oxygen atoms in total. The average molecular weight is 395 g/mol. The van der Waals surface area contributed by atoms with Gasteiger partial charge >= 0.3 is 6.03 Å². The van der Waals surface area contributed by atoms with Gasteiger partial charge in [0.25, 0.3) is 0 Å². The predicted octanol–water partition coefficient (Wildman–Crippen LogP) is 2.99. The van der Waals surface area contributed by atoms with Crippen LogP contribution in [0.25, 0.3) is 0 Å². The molecule has 3 rings (SSSR count). The maximum Gasteiger partial charge on any atom is 0.319 e. The minimum atomic E-state index is -3.52. The van der Waals surface area contributed by atoms with Crippen molar-refractivity contribution in [2.75, 3.05) is 5.32 Å². The molecule has 1 aromatic carbocycles. The Bertz CT molecular complexity index is 856. The van der Waals surface area contributed by atoms with E-state index in [1.165, 1.54) is 23.5 Å². The van der Waals surface area contributed by atoms with Crippen LogP contribution in [0, 0.1) is 6.92 Å². The Morgan fingerprint density at radius 3 is 2.54 bits per heavy atom. The summed E-state index contributed by atoms with van der Waals surface area (Å²) in [6, 6.07) is 5.84. The average Bonchev–Trinajstić information content (AvgIpc) is 3.25. The van der Waals surface area contributed by atoms with Gasteiger partial charge in [-0.1, -0.05) is 12.8 Å². The molecule has 0 unspecified atom stereocenters. The summed E-state index contributed by atoms with van der Waals surface area (Å²) in [5, 5.41) is 6.38. The highest BCUT2D eigenvalue weighted by Crippen LogP contribution is 2.21. The quantitative estimate of drug-likeness (QED) is 0.701. The van der Waals surface area contributed by atoms with Gasteiger partial charge in [0.2, 0.25) is 10.0 Å². The first-order chi connectivity index (χ1) is 12.4. The third-order valence-corrected chi connectivity index (χ3v) is 6.64. The molecule has 1 saturated carbocycles. The smallest absolute Gasteiger partial charge is 0.319 e. The van der Waals surface area contributed by atoms with Crippen LogP contribution in [0.2, 0.25) is 0 Å². The summed E-state index contributed by atoms with van der Waals surface area (Å²) in [4.78, 5) is 17.2. The van der Waals surface area contributed by atoms with Gasteiger partial charge in [0.05, 0.1) is 16.4 Å². The minimum Gasteiger partial charge on any atom is -0.333 e. The fourth-order valence-electron chi connectivity index (χ4n) is 2.88. The molecular formula is C17H22N4O3S2. The number of hydrogen-bond acceptors (Lipinski definition) is 5. The van der Waals surface area contributed by atoms with Crippen molar-refractivity contribution in [1.82, 2.24) is 15.0 Å². The number of benzene rings is 1. The summed E-state index contributed by atoms with van der Waals surface area (Å²) in [6.45, 7) is 2.31. The number of anilines is 1. The highest BCUT2D eigenvalue weighted by atomic mass is 32.2. The number of amides is 2. The maximum atomic E-state index is 12.4. The van der Waals surface area contributed by atoms with Crippen LogP contribution in [0.15, 0.2) is 35.4 Å². The number of carbonyl (C=O) groups excluding carboxylic acids is 1. The Morgan fingerprint density at radius 2 is 1.92 bits per heavy atom. The standard InChI is InChI=1S/C17H22N4O3S2/c1-12-18-10-15(25-12)11-19-17(22)20-13-6-8-16(9-7-13)26(23,24)21-14-4-2-3-5-14/h6-10,14,21H,2-5,11H2,1H3,(H2,19,20,22). The summed E-state index contributed by atoms with van der Waals surface area (Å²) in [6.07, 6.45) is 5.63. The normalized spacial score (nSPS) is 15.1. The lowest BCUT2D eigenvalue weighted by Crippen LogP contribution is -2.32. The van der Waals surface area contributed by atoms with E-state index in [-0.39, 0.29) is 17.0 Å². The number of nitrogens with zero attached hydrogens (tertiary/aromatic N) is 1. The number of hydrogen-bond donors (Lipinski definition) is 3. The first-order valence-corrected chi connectivity index (χ1v) is 10.8. The zero-order valence-corrected chi connectivity index (χ0v) is 16.1. The van der Waals surface area contributed by atoms with Gasteiger partial charge in [0, 0.05) is 22.8 Å². The van der Waals surface area contributed by atoms with E-state index in [4.69, 9.17) is 0 Å². The molecule has 3 N–H and O–H groups in total. The minimum absolute atomic E-state index is 0.0268. The van der Waals surface area contributed by atoms with E-state index < -0.39 is 10.0 Å². The Morgan fingerprint density at radius 1 is 1.23 bits per heavy atom. The van der Waals surface area contributed by atoms with Crippen LogP contribution in [0.3, 0.4) is 0 Å². The molecule has 2 amide bonds. The lowest BCUT2D eigenvalue weighted by atomic mass is 10.3. The monoisotopic (exact) mass is 394 g/mol. The van der Waals surface area contributed by atoms with Crippen LogP contribution in [0.4, 0.5) is 10.5 Å². The van der Waals surface area contributed by atoms with Crippen molar-refractivity contribution < 1.29 is 13.2 Å². The van der Waals surface area contributed by atoms with Crippen LogP contribution in [0.5, 0.6) is 0 Å². The largest absolute Gasteiger partial charge is 0.333 e. The fourth-order valence-corrected chi connectivity index (χ4v) is 4.92. The molecule has 26 heavy (non-hydrogen) atoms. The van der Waals surface area contributed by atoms with Crippen LogP contribution >= 0.6 is 11.3 Å². The van der Waals surface area contributed by atoms with Gasteiger partial charge in [0.1, 0.15) is 0 Å². The number of nitrogens with one attached hydrogen (secondary N) is 3. The first kappa shape index (κ1) is 18.8. The van der Waals surface area contributed by atoms with E-state index in [9.17, 15) is 13.2 Å². The molecule has 0 spiro atoms. The zero-order valence-electron chi connectivity index (χ0n) is 14.5. The Hall–Kier alpha value is -1.97. The second-order valence-electron chi connectivity index (χ2n) is 6.28. The van der Waals surface area contributed by atoms with E-state index in [0.717, 1.165) is 35.6 Å². The third-order valence-electron chi connectivity index (χ3n) is 4.19. The lowest BCUT2D eigenvalue weighted by Gasteiger charge is -2.13. The van der Waals surface area contributed by atoms with Crippen molar-refractivity contribution in [2.45, 2.75) is 50.1 Å². The molecule has 140 valence electrons. The van der Waals surface area contributed by atoms with Gasteiger partial charge in [-0.3, -0.25) is 0 Å². The van der Waals surface area contributed by atoms with E-state index in [2.05, 4.69) is 20.3 Å². The Labute approximate surface area is 157 Å². The molecule has 1 heterocycles. The Kier molecular flexibility index (Phi) is 5.90. The van der Waals surface area contributed by atoms with Gasteiger partial charge in [-0.05, 0) is 44.0 Å². The summed E-state index contributed by atoms with van der Waals surface area (Å²) in [5.74, 6) is 0.